The molecule has 1 amide bonds. The molecule has 3 aromatic rings. The van der Waals surface area contributed by atoms with E-state index < -0.39 is 5.41 Å². The van der Waals surface area contributed by atoms with E-state index in [1.54, 1.807) is 22.7 Å². The molecule has 0 spiro atoms. The van der Waals surface area contributed by atoms with Crippen molar-refractivity contribution in [1.82, 2.24) is 10.3 Å². The number of ether oxygens (including phenoxy) is 1. The Morgan fingerprint density at radius 1 is 1.17 bits per heavy atom. The van der Waals surface area contributed by atoms with E-state index >= 15 is 0 Å². The summed E-state index contributed by atoms with van der Waals surface area (Å²) in [6, 6.07) is 11.9. The number of nitrogens with one attached hydrogen (secondary N) is 1. The Hall–Kier alpha value is -2.25. The van der Waals surface area contributed by atoms with Gasteiger partial charge in [-0.05, 0) is 43.3 Å². The maximum atomic E-state index is 13.1. The highest BCUT2D eigenvalue weighted by Gasteiger charge is 2.42. The fourth-order valence-corrected chi connectivity index (χ4v) is 5.99. The number of nitrogens with zero attached hydrogens (tertiary/aromatic N) is 1. The molecule has 1 N–H and O–H groups in total. The number of benzene rings is 1. The number of esters is 1. The normalized spacial score (nSPS) is 16.8. The minimum atomic E-state index is -0.578. The van der Waals surface area contributed by atoms with Gasteiger partial charge in [0, 0.05) is 11.3 Å². The van der Waals surface area contributed by atoms with E-state index in [1.165, 1.54) is 0 Å². The fourth-order valence-electron chi connectivity index (χ4n) is 4.14. The van der Waals surface area contributed by atoms with Crippen molar-refractivity contribution >= 4 is 44.8 Å². The number of thiophene rings is 1. The van der Waals surface area contributed by atoms with Crippen LogP contribution in [-0.4, -0.2) is 23.5 Å². The number of aromatic nitrogens is 1. The molecule has 1 unspecified atom stereocenters. The number of hydrogen-bond donors (Lipinski definition) is 1. The minimum Gasteiger partial charge on any atom is -0.455 e. The smallest absolute Gasteiger partial charge is 0.313 e. The summed E-state index contributed by atoms with van der Waals surface area (Å²) in [5, 5.41) is 5.85. The molecule has 30 heavy (non-hydrogen) atoms. The first-order valence-electron chi connectivity index (χ1n) is 10.4. The number of carbonyl (C=O) groups excluding carboxylic acids is 2. The standard InChI is InChI=1S/C23H26N2O3S2/c1-16(18-10-7-13-29-18)24-20(26)15-28-22(27)23(11-5-2-6-12-23)14-21-25-17-8-3-4-9-19(17)30-21/h3-4,7-10,13,16H,2,5-6,11-12,14-15H2,1H3,(H,24,26). The van der Waals surface area contributed by atoms with Gasteiger partial charge in [-0.25, -0.2) is 4.98 Å². The van der Waals surface area contributed by atoms with Crippen molar-refractivity contribution in [3.8, 4) is 0 Å². The first-order valence-corrected chi connectivity index (χ1v) is 12.1. The number of thiazole rings is 1. The molecule has 158 valence electrons. The van der Waals surface area contributed by atoms with Crippen molar-refractivity contribution in [1.29, 1.82) is 0 Å². The second-order valence-corrected chi connectivity index (χ2v) is 10.1. The molecule has 1 aliphatic rings. The predicted molar refractivity (Wildman–Crippen MR) is 121 cm³/mol. The van der Waals surface area contributed by atoms with Gasteiger partial charge in [-0.1, -0.05) is 37.5 Å². The van der Waals surface area contributed by atoms with Gasteiger partial charge in [0.1, 0.15) is 0 Å². The van der Waals surface area contributed by atoms with Crippen LogP contribution in [0.4, 0.5) is 0 Å². The largest absolute Gasteiger partial charge is 0.455 e. The van der Waals surface area contributed by atoms with Crippen LogP contribution in [0.5, 0.6) is 0 Å². The van der Waals surface area contributed by atoms with Gasteiger partial charge in [0.05, 0.1) is 26.7 Å². The molecule has 0 aliphatic heterocycles. The zero-order chi connectivity index (χ0) is 21.0. The maximum Gasteiger partial charge on any atom is 0.313 e. The molecule has 1 aliphatic carbocycles. The molecule has 0 radical (unpaired) electrons. The van der Waals surface area contributed by atoms with Gasteiger partial charge in [-0.15, -0.1) is 22.7 Å². The Kier molecular flexibility index (Phi) is 6.49. The molecule has 0 saturated heterocycles. The van der Waals surface area contributed by atoms with Crippen molar-refractivity contribution in [2.24, 2.45) is 5.41 Å². The second kappa shape index (κ2) is 9.27. The number of hydrogen-bond acceptors (Lipinski definition) is 6. The third-order valence-corrected chi connectivity index (χ3v) is 7.84. The lowest BCUT2D eigenvalue weighted by atomic mass is 9.72. The summed E-state index contributed by atoms with van der Waals surface area (Å²) in [6.07, 6.45) is 5.29. The highest BCUT2D eigenvalue weighted by Crippen LogP contribution is 2.41. The molecule has 4 rings (SSSR count). The summed E-state index contributed by atoms with van der Waals surface area (Å²) in [5.41, 5.74) is 0.393. The summed E-state index contributed by atoms with van der Waals surface area (Å²) in [6.45, 7) is 1.69. The molecule has 1 fully saturated rings. The average Bonchev–Trinajstić information content (AvgIpc) is 3.42. The quantitative estimate of drug-likeness (QED) is 0.506. The number of rotatable bonds is 7. The van der Waals surface area contributed by atoms with E-state index in [-0.39, 0.29) is 24.5 Å². The summed E-state index contributed by atoms with van der Waals surface area (Å²) >= 11 is 3.24. The second-order valence-electron chi connectivity index (χ2n) is 7.97. The van der Waals surface area contributed by atoms with Crippen molar-refractivity contribution in [2.75, 3.05) is 6.61 Å². The van der Waals surface area contributed by atoms with Crippen molar-refractivity contribution in [3.05, 3.63) is 51.7 Å². The number of carbonyl (C=O) groups is 2. The van der Waals surface area contributed by atoms with Crippen LogP contribution in [0.15, 0.2) is 41.8 Å². The summed E-state index contributed by atoms with van der Waals surface area (Å²) < 4.78 is 6.67. The number of amides is 1. The van der Waals surface area contributed by atoms with E-state index in [4.69, 9.17) is 9.72 Å². The summed E-state index contributed by atoms with van der Waals surface area (Å²) in [7, 11) is 0. The van der Waals surface area contributed by atoms with Crippen LogP contribution < -0.4 is 5.32 Å². The fraction of sp³-hybridized carbons (Fsp3) is 0.435. The molecular formula is C23H26N2O3S2. The lowest BCUT2D eigenvalue weighted by Gasteiger charge is -2.34. The van der Waals surface area contributed by atoms with Gasteiger partial charge in [0.2, 0.25) is 0 Å². The van der Waals surface area contributed by atoms with Crippen LogP contribution in [0.2, 0.25) is 0 Å². The van der Waals surface area contributed by atoms with Crippen LogP contribution in [0.25, 0.3) is 10.2 Å². The summed E-state index contributed by atoms with van der Waals surface area (Å²) in [4.78, 5) is 31.3. The predicted octanol–water partition coefficient (Wildman–Crippen LogP) is 5.27. The Labute approximate surface area is 184 Å². The van der Waals surface area contributed by atoms with Crippen LogP contribution in [0.1, 0.15) is 55.0 Å². The Morgan fingerprint density at radius 2 is 1.97 bits per heavy atom. The zero-order valence-corrected chi connectivity index (χ0v) is 18.7. The van der Waals surface area contributed by atoms with Crippen molar-refractivity contribution in [2.45, 2.75) is 51.5 Å². The van der Waals surface area contributed by atoms with Crippen LogP contribution in [0, 0.1) is 5.41 Å². The van der Waals surface area contributed by atoms with Gasteiger partial charge in [-0.3, -0.25) is 9.59 Å². The number of fused-ring (bicyclic) bond motifs is 1. The third-order valence-electron chi connectivity index (χ3n) is 5.75. The highest BCUT2D eigenvalue weighted by molar-refractivity contribution is 7.18. The highest BCUT2D eigenvalue weighted by atomic mass is 32.1. The first-order chi connectivity index (χ1) is 14.6. The van der Waals surface area contributed by atoms with Gasteiger partial charge in [0.15, 0.2) is 6.61 Å². The van der Waals surface area contributed by atoms with Crippen LogP contribution in [-0.2, 0) is 20.7 Å². The lowest BCUT2D eigenvalue weighted by molar-refractivity contribution is -0.161. The zero-order valence-electron chi connectivity index (χ0n) is 17.1. The van der Waals surface area contributed by atoms with E-state index in [0.717, 1.165) is 52.2 Å². The van der Waals surface area contributed by atoms with E-state index in [1.807, 2.05) is 42.6 Å². The molecule has 1 aromatic carbocycles. The molecular weight excluding hydrogens is 416 g/mol. The van der Waals surface area contributed by atoms with E-state index in [0.29, 0.717) is 6.42 Å². The van der Waals surface area contributed by atoms with E-state index in [2.05, 4.69) is 11.4 Å². The SMILES string of the molecule is CC(NC(=O)COC(=O)C1(Cc2nc3ccccc3s2)CCCCC1)c1cccs1. The molecule has 1 atom stereocenters. The molecule has 2 heterocycles. The van der Waals surface area contributed by atoms with Gasteiger partial charge >= 0.3 is 5.97 Å². The van der Waals surface area contributed by atoms with Gasteiger partial charge in [0.25, 0.3) is 5.91 Å². The molecule has 0 bridgehead atoms. The van der Waals surface area contributed by atoms with Crippen LogP contribution in [0.3, 0.4) is 0 Å². The average molecular weight is 443 g/mol. The van der Waals surface area contributed by atoms with Gasteiger partial charge < -0.3 is 10.1 Å². The van der Waals surface area contributed by atoms with E-state index in [9.17, 15) is 9.59 Å². The Morgan fingerprint density at radius 3 is 2.70 bits per heavy atom. The summed E-state index contributed by atoms with van der Waals surface area (Å²) in [5.74, 6) is -0.532. The molecule has 5 nitrogen and oxygen atoms in total. The topological polar surface area (TPSA) is 68.3 Å². The van der Waals surface area contributed by atoms with Crippen molar-refractivity contribution < 1.29 is 14.3 Å². The Bertz CT molecular complexity index is 974. The lowest BCUT2D eigenvalue weighted by Crippen LogP contribution is -2.39. The number of para-hydroxylation sites is 1. The van der Waals surface area contributed by atoms with Gasteiger partial charge in [-0.2, -0.15) is 0 Å². The van der Waals surface area contributed by atoms with Crippen molar-refractivity contribution in [3.63, 3.8) is 0 Å². The minimum absolute atomic E-state index is 0.0948. The van der Waals surface area contributed by atoms with Crippen LogP contribution >= 0.6 is 22.7 Å². The Balaban J connectivity index is 1.41. The maximum absolute atomic E-state index is 13.1. The molecule has 2 aromatic heterocycles. The first kappa shape index (κ1) is 21.0. The molecule has 7 heteroatoms. The molecule has 1 saturated carbocycles. The monoisotopic (exact) mass is 442 g/mol. The third kappa shape index (κ3) is 4.73.